The van der Waals surface area contributed by atoms with Crippen molar-refractivity contribution in [2.75, 3.05) is 13.1 Å². The van der Waals surface area contributed by atoms with Crippen LogP contribution >= 0.6 is 0 Å². The van der Waals surface area contributed by atoms with Crippen molar-refractivity contribution in [3.8, 4) is 11.3 Å². The van der Waals surface area contributed by atoms with Crippen molar-refractivity contribution in [2.24, 2.45) is 7.05 Å². The third kappa shape index (κ3) is 3.96. The van der Waals surface area contributed by atoms with Gasteiger partial charge in [-0.25, -0.2) is 4.39 Å². The number of hydrogen-bond acceptors (Lipinski definition) is 2. The number of halogens is 1. The summed E-state index contributed by atoms with van der Waals surface area (Å²) in [5.74, 6) is -0.0919. The number of aryl methyl sites for hydroxylation is 1. The van der Waals surface area contributed by atoms with Gasteiger partial charge in [-0.1, -0.05) is 60.7 Å². The first-order valence-corrected chi connectivity index (χ1v) is 14.1. The van der Waals surface area contributed by atoms with Gasteiger partial charge in [0.25, 0.3) is 0 Å². The quantitative estimate of drug-likeness (QED) is 0.211. The number of para-hydroxylation sites is 2. The van der Waals surface area contributed by atoms with Crippen molar-refractivity contribution in [3.05, 3.63) is 108 Å². The number of likely N-dealkylation sites (tertiary alicyclic amines) is 1. The predicted molar refractivity (Wildman–Crippen MR) is 161 cm³/mol. The van der Waals surface area contributed by atoms with E-state index in [2.05, 4.69) is 75.7 Å². The Balaban J connectivity index is 1.34. The first-order valence-electron chi connectivity index (χ1n) is 14.1. The Morgan fingerprint density at radius 1 is 0.825 bits per heavy atom. The van der Waals surface area contributed by atoms with Crippen LogP contribution in [-0.4, -0.2) is 32.9 Å². The zero-order chi connectivity index (χ0) is 27.4. The highest BCUT2D eigenvalue weighted by Gasteiger charge is 2.27. The first kappa shape index (κ1) is 24.8. The first-order chi connectivity index (χ1) is 19.5. The lowest BCUT2D eigenvalue weighted by molar-refractivity contribution is 0.101. The SMILES string of the molecule is CC(=O)c1c(-c2cccc3c2c2ccccc2n3C2CCN(Cc3cccc(F)c3)CC2)n(C)c2ccccc12. The molecule has 1 aliphatic rings. The number of carbonyl (C=O) groups excluding carboxylic acids is 1. The lowest BCUT2D eigenvalue weighted by Crippen LogP contribution is -2.34. The zero-order valence-corrected chi connectivity index (χ0v) is 22.9. The fraction of sp³-hybridized carbons (Fsp3) is 0.229. The monoisotopic (exact) mass is 529 g/mol. The van der Waals surface area contributed by atoms with E-state index in [1.807, 2.05) is 18.2 Å². The zero-order valence-electron chi connectivity index (χ0n) is 22.9. The molecule has 6 aromatic rings. The molecule has 0 spiro atoms. The largest absolute Gasteiger partial charge is 0.343 e. The average Bonchev–Trinajstić information content (AvgIpc) is 3.46. The number of fused-ring (bicyclic) bond motifs is 4. The number of piperidine rings is 1. The molecule has 7 rings (SSSR count). The molecule has 4 aromatic carbocycles. The fourth-order valence-corrected chi connectivity index (χ4v) is 6.93. The van der Waals surface area contributed by atoms with Gasteiger partial charge in [0.15, 0.2) is 5.78 Å². The molecule has 0 saturated carbocycles. The minimum absolute atomic E-state index is 0.0817. The highest BCUT2D eigenvalue weighted by atomic mass is 19.1. The van der Waals surface area contributed by atoms with Crippen LogP contribution in [0, 0.1) is 5.82 Å². The second-order valence-corrected chi connectivity index (χ2v) is 11.1. The molecule has 4 nitrogen and oxygen atoms in total. The summed E-state index contributed by atoms with van der Waals surface area (Å²) >= 11 is 0. The van der Waals surface area contributed by atoms with Gasteiger partial charge in [0.2, 0.25) is 0 Å². The highest BCUT2D eigenvalue weighted by Crippen LogP contribution is 2.43. The van der Waals surface area contributed by atoms with Crippen LogP contribution in [0.3, 0.4) is 0 Å². The van der Waals surface area contributed by atoms with Crippen molar-refractivity contribution in [1.29, 1.82) is 0 Å². The molecule has 0 aliphatic carbocycles. The number of aromatic nitrogens is 2. The molecule has 0 N–H and O–H groups in total. The Kier molecular flexibility index (Phi) is 6.05. The van der Waals surface area contributed by atoms with Crippen molar-refractivity contribution in [3.63, 3.8) is 0 Å². The van der Waals surface area contributed by atoms with Crippen molar-refractivity contribution >= 4 is 38.5 Å². The van der Waals surface area contributed by atoms with Gasteiger partial charge in [0.05, 0.1) is 16.8 Å². The molecule has 5 heteroatoms. The minimum atomic E-state index is -0.174. The van der Waals surface area contributed by atoms with Gasteiger partial charge in [-0.15, -0.1) is 0 Å². The lowest BCUT2D eigenvalue weighted by atomic mass is 9.98. The molecule has 0 atom stereocenters. The maximum atomic E-state index is 13.7. The summed E-state index contributed by atoms with van der Waals surface area (Å²) in [6.45, 7) is 4.38. The minimum Gasteiger partial charge on any atom is -0.343 e. The van der Waals surface area contributed by atoms with E-state index in [0.29, 0.717) is 6.04 Å². The van der Waals surface area contributed by atoms with Crippen LogP contribution in [0.15, 0.2) is 91.0 Å². The molecular weight excluding hydrogens is 497 g/mol. The van der Waals surface area contributed by atoms with Crippen LogP contribution in [0.4, 0.5) is 4.39 Å². The maximum Gasteiger partial charge on any atom is 0.162 e. The smallest absolute Gasteiger partial charge is 0.162 e. The molecule has 0 bridgehead atoms. The van der Waals surface area contributed by atoms with Crippen LogP contribution < -0.4 is 0 Å². The number of hydrogen-bond donors (Lipinski definition) is 0. The van der Waals surface area contributed by atoms with Gasteiger partial charge in [-0.05, 0) is 55.7 Å². The molecule has 40 heavy (non-hydrogen) atoms. The molecule has 0 amide bonds. The molecule has 3 heterocycles. The topological polar surface area (TPSA) is 30.2 Å². The Morgan fingerprint density at radius 3 is 2.25 bits per heavy atom. The van der Waals surface area contributed by atoms with Crippen molar-refractivity contribution in [2.45, 2.75) is 32.4 Å². The molecule has 0 radical (unpaired) electrons. The molecule has 1 aliphatic heterocycles. The number of nitrogens with zero attached hydrogens (tertiary/aromatic N) is 3. The van der Waals surface area contributed by atoms with E-state index in [1.54, 1.807) is 19.1 Å². The van der Waals surface area contributed by atoms with E-state index in [-0.39, 0.29) is 11.6 Å². The summed E-state index contributed by atoms with van der Waals surface area (Å²) < 4.78 is 18.4. The third-order valence-electron chi connectivity index (χ3n) is 8.67. The Hall–Kier alpha value is -4.22. The number of rotatable bonds is 5. The summed E-state index contributed by atoms with van der Waals surface area (Å²) in [6, 6.07) is 30.7. The number of benzene rings is 4. The Labute approximate surface area is 233 Å². The van der Waals surface area contributed by atoms with Crippen molar-refractivity contribution in [1.82, 2.24) is 14.0 Å². The Morgan fingerprint density at radius 2 is 1.50 bits per heavy atom. The van der Waals surface area contributed by atoms with E-state index < -0.39 is 0 Å². The Bertz CT molecular complexity index is 1910. The number of Topliss-reactive ketones (excluding diaryl/α,β-unsaturated/α-hetero) is 1. The van der Waals surface area contributed by atoms with Gasteiger partial charge in [0, 0.05) is 65.5 Å². The fourth-order valence-electron chi connectivity index (χ4n) is 6.93. The summed E-state index contributed by atoms with van der Waals surface area (Å²) in [5, 5.41) is 3.42. The normalized spacial score (nSPS) is 15.0. The molecule has 2 aromatic heterocycles. The van der Waals surface area contributed by atoms with Gasteiger partial charge in [-0.3, -0.25) is 9.69 Å². The molecule has 1 saturated heterocycles. The van der Waals surface area contributed by atoms with Crippen molar-refractivity contribution < 1.29 is 9.18 Å². The van der Waals surface area contributed by atoms with E-state index in [4.69, 9.17) is 0 Å². The predicted octanol–water partition coefficient (Wildman–Crippen LogP) is 8.13. The summed E-state index contributed by atoms with van der Waals surface area (Å²) in [6.07, 6.45) is 2.06. The summed E-state index contributed by atoms with van der Waals surface area (Å²) in [7, 11) is 2.07. The van der Waals surface area contributed by atoms with Gasteiger partial charge in [0.1, 0.15) is 5.82 Å². The van der Waals surface area contributed by atoms with Crippen LogP contribution in [0.5, 0.6) is 0 Å². The summed E-state index contributed by atoms with van der Waals surface area (Å²) in [4.78, 5) is 15.5. The molecule has 0 unspecified atom stereocenters. The second-order valence-electron chi connectivity index (χ2n) is 11.1. The van der Waals surface area contributed by atoms with Gasteiger partial charge < -0.3 is 9.13 Å². The van der Waals surface area contributed by atoms with Gasteiger partial charge >= 0.3 is 0 Å². The van der Waals surface area contributed by atoms with Gasteiger partial charge in [-0.2, -0.15) is 0 Å². The maximum absolute atomic E-state index is 13.7. The van der Waals surface area contributed by atoms with E-state index >= 15 is 0 Å². The number of carbonyl (C=O) groups is 1. The van der Waals surface area contributed by atoms with E-state index in [0.717, 1.165) is 65.8 Å². The lowest BCUT2D eigenvalue weighted by Gasteiger charge is -2.33. The van der Waals surface area contributed by atoms with Crippen LogP contribution in [0.1, 0.15) is 41.7 Å². The standard InChI is InChI=1S/C35H32FN3O/c1-23(40)33-27-11-3-5-14-30(27)37(2)35(33)29-13-8-16-32-34(29)28-12-4-6-15-31(28)39(32)26-17-19-38(20-18-26)22-24-9-7-10-25(36)21-24/h3-16,21,26H,17-20,22H2,1-2H3. The third-order valence-corrected chi connectivity index (χ3v) is 8.67. The average molecular weight is 530 g/mol. The van der Waals surface area contributed by atoms with Crippen LogP contribution in [-0.2, 0) is 13.6 Å². The number of ketones is 1. The van der Waals surface area contributed by atoms with E-state index in [9.17, 15) is 9.18 Å². The molecule has 1 fully saturated rings. The summed E-state index contributed by atoms with van der Waals surface area (Å²) in [5.41, 5.74) is 7.39. The van der Waals surface area contributed by atoms with Crippen LogP contribution in [0.25, 0.3) is 44.0 Å². The van der Waals surface area contributed by atoms with Crippen LogP contribution in [0.2, 0.25) is 0 Å². The molecule has 200 valence electrons. The highest BCUT2D eigenvalue weighted by molar-refractivity contribution is 6.19. The molecular formula is C35H32FN3O. The second kappa shape index (κ2) is 9.76. The van der Waals surface area contributed by atoms with E-state index in [1.165, 1.54) is 27.9 Å².